The van der Waals surface area contributed by atoms with Crippen molar-refractivity contribution < 1.29 is 9.18 Å². The van der Waals surface area contributed by atoms with E-state index in [1.165, 1.54) is 6.20 Å². The molecule has 5 heteroatoms. The van der Waals surface area contributed by atoms with Gasteiger partial charge in [-0.2, -0.15) is 0 Å². The number of hydrogen-bond donors (Lipinski definition) is 2. The molecule has 0 spiro atoms. The molecule has 0 aliphatic heterocycles. The molecule has 4 nitrogen and oxygen atoms in total. The third-order valence-corrected chi connectivity index (χ3v) is 2.69. The van der Waals surface area contributed by atoms with Gasteiger partial charge in [0.1, 0.15) is 5.82 Å². The lowest BCUT2D eigenvalue weighted by Gasteiger charge is -2.31. The van der Waals surface area contributed by atoms with Gasteiger partial charge in [0.2, 0.25) is 0 Å². The van der Waals surface area contributed by atoms with E-state index in [9.17, 15) is 9.18 Å². The Labute approximate surface area is 107 Å². The van der Waals surface area contributed by atoms with Crippen molar-refractivity contribution in [3.05, 3.63) is 29.8 Å². The van der Waals surface area contributed by atoms with Crippen molar-refractivity contribution in [3.63, 3.8) is 0 Å². The van der Waals surface area contributed by atoms with Gasteiger partial charge in [-0.05, 0) is 25.3 Å². The van der Waals surface area contributed by atoms with E-state index in [0.717, 1.165) is 18.7 Å². The van der Waals surface area contributed by atoms with Crippen molar-refractivity contribution in [2.45, 2.75) is 32.7 Å². The summed E-state index contributed by atoms with van der Waals surface area (Å²) in [5.41, 5.74) is 5.43. The number of aromatic nitrogens is 1. The Kier molecular flexibility index (Phi) is 4.78. The second kappa shape index (κ2) is 5.91. The summed E-state index contributed by atoms with van der Waals surface area (Å²) in [6, 6.07) is 1.16. The number of carbonyl (C=O) groups excluding carboxylic acids is 1. The molecular weight excluding hydrogens is 233 g/mol. The monoisotopic (exact) mass is 253 g/mol. The van der Waals surface area contributed by atoms with E-state index in [1.807, 2.05) is 6.92 Å². The average Bonchev–Trinajstić information content (AvgIpc) is 2.27. The van der Waals surface area contributed by atoms with Crippen LogP contribution in [0.15, 0.2) is 18.5 Å². The van der Waals surface area contributed by atoms with Gasteiger partial charge in [0.15, 0.2) is 0 Å². The quantitative estimate of drug-likeness (QED) is 0.839. The van der Waals surface area contributed by atoms with Crippen LogP contribution in [0.25, 0.3) is 0 Å². The third-order valence-electron chi connectivity index (χ3n) is 2.69. The zero-order valence-corrected chi connectivity index (χ0v) is 11.0. The van der Waals surface area contributed by atoms with Gasteiger partial charge < -0.3 is 11.1 Å². The predicted octanol–water partition coefficient (Wildman–Crippen LogP) is 1.71. The van der Waals surface area contributed by atoms with Crippen LogP contribution in [0.2, 0.25) is 0 Å². The number of hydrogen-bond acceptors (Lipinski definition) is 3. The molecule has 0 radical (unpaired) electrons. The summed E-state index contributed by atoms with van der Waals surface area (Å²) in [5.74, 6) is -0.471. The SMILES string of the molecule is CC(C)CC(C)(CN)NC(=O)c1cncc(F)c1. The van der Waals surface area contributed by atoms with Crippen molar-refractivity contribution in [2.75, 3.05) is 6.54 Å². The van der Waals surface area contributed by atoms with Crippen LogP contribution < -0.4 is 11.1 Å². The molecule has 0 aliphatic rings. The molecule has 1 unspecified atom stereocenters. The second-order valence-corrected chi connectivity index (χ2v) is 5.21. The normalized spacial score (nSPS) is 14.3. The van der Waals surface area contributed by atoms with Crippen molar-refractivity contribution >= 4 is 5.91 Å². The van der Waals surface area contributed by atoms with Crippen molar-refractivity contribution in [2.24, 2.45) is 11.7 Å². The number of pyridine rings is 1. The molecule has 0 aromatic carbocycles. The minimum absolute atomic E-state index is 0.207. The van der Waals surface area contributed by atoms with E-state index in [4.69, 9.17) is 5.73 Å². The van der Waals surface area contributed by atoms with Crippen LogP contribution in [-0.4, -0.2) is 23.0 Å². The van der Waals surface area contributed by atoms with Gasteiger partial charge in [-0.15, -0.1) is 0 Å². The molecule has 1 aromatic rings. The maximum Gasteiger partial charge on any atom is 0.253 e. The molecule has 0 fully saturated rings. The van der Waals surface area contributed by atoms with Crippen LogP contribution in [0.4, 0.5) is 4.39 Å². The van der Waals surface area contributed by atoms with Crippen LogP contribution in [-0.2, 0) is 0 Å². The minimum Gasteiger partial charge on any atom is -0.346 e. The molecule has 1 aromatic heterocycles. The molecule has 0 bridgehead atoms. The summed E-state index contributed by atoms with van der Waals surface area (Å²) in [4.78, 5) is 15.6. The number of amides is 1. The van der Waals surface area contributed by atoms with E-state index >= 15 is 0 Å². The van der Waals surface area contributed by atoms with Crippen LogP contribution in [0.5, 0.6) is 0 Å². The molecule has 1 rings (SSSR count). The number of carbonyl (C=O) groups is 1. The zero-order chi connectivity index (χ0) is 13.8. The summed E-state index contributed by atoms with van der Waals surface area (Å²) >= 11 is 0. The first-order valence-electron chi connectivity index (χ1n) is 5.99. The van der Waals surface area contributed by atoms with E-state index in [2.05, 4.69) is 24.1 Å². The molecule has 100 valence electrons. The molecule has 1 amide bonds. The summed E-state index contributed by atoms with van der Waals surface area (Å²) in [6.07, 6.45) is 3.16. The molecule has 0 aliphatic carbocycles. The third kappa shape index (κ3) is 4.07. The first kappa shape index (κ1) is 14.6. The molecule has 0 saturated carbocycles. The van der Waals surface area contributed by atoms with Gasteiger partial charge in [-0.3, -0.25) is 9.78 Å². The Balaban J connectivity index is 2.79. The Morgan fingerprint density at radius 1 is 1.56 bits per heavy atom. The topological polar surface area (TPSA) is 68.0 Å². The highest BCUT2D eigenvalue weighted by atomic mass is 19.1. The fourth-order valence-electron chi connectivity index (χ4n) is 1.97. The van der Waals surface area contributed by atoms with E-state index in [-0.39, 0.29) is 11.5 Å². The lowest BCUT2D eigenvalue weighted by Crippen LogP contribution is -2.52. The highest BCUT2D eigenvalue weighted by molar-refractivity contribution is 5.94. The molecule has 1 heterocycles. The van der Waals surface area contributed by atoms with Crippen LogP contribution in [0, 0.1) is 11.7 Å². The Morgan fingerprint density at radius 3 is 2.72 bits per heavy atom. The van der Waals surface area contributed by atoms with Crippen LogP contribution in [0.1, 0.15) is 37.6 Å². The van der Waals surface area contributed by atoms with Crippen LogP contribution >= 0.6 is 0 Å². The smallest absolute Gasteiger partial charge is 0.253 e. The molecule has 18 heavy (non-hydrogen) atoms. The van der Waals surface area contributed by atoms with Gasteiger partial charge in [0.05, 0.1) is 11.8 Å². The Bertz CT molecular complexity index is 422. The number of nitrogens with one attached hydrogen (secondary N) is 1. The Hall–Kier alpha value is -1.49. The van der Waals surface area contributed by atoms with E-state index in [0.29, 0.717) is 12.5 Å². The fourth-order valence-corrected chi connectivity index (χ4v) is 1.97. The maximum atomic E-state index is 13.0. The molecular formula is C13H20FN3O. The highest BCUT2D eigenvalue weighted by Crippen LogP contribution is 2.16. The molecule has 1 atom stereocenters. The summed E-state index contributed by atoms with van der Waals surface area (Å²) in [7, 11) is 0. The highest BCUT2D eigenvalue weighted by Gasteiger charge is 2.26. The minimum atomic E-state index is -0.527. The Morgan fingerprint density at radius 2 is 2.22 bits per heavy atom. The second-order valence-electron chi connectivity index (χ2n) is 5.21. The zero-order valence-electron chi connectivity index (χ0n) is 11.0. The van der Waals surface area contributed by atoms with Gasteiger partial charge >= 0.3 is 0 Å². The molecule has 3 N–H and O–H groups in total. The van der Waals surface area contributed by atoms with Crippen molar-refractivity contribution in [1.29, 1.82) is 0 Å². The molecule has 0 saturated heterocycles. The van der Waals surface area contributed by atoms with Crippen molar-refractivity contribution in [3.8, 4) is 0 Å². The van der Waals surface area contributed by atoms with Gasteiger partial charge in [-0.25, -0.2) is 4.39 Å². The standard InChI is InChI=1S/C13H20FN3O/c1-9(2)5-13(3,8-15)17-12(18)10-4-11(14)7-16-6-10/h4,6-7,9H,5,8,15H2,1-3H3,(H,17,18). The fraction of sp³-hybridized carbons (Fsp3) is 0.538. The largest absolute Gasteiger partial charge is 0.346 e. The summed E-state index contributed by atoms with van der Waals surface area (Å²) in [6.45, 7) is 6.34. The number of nitrogens with zero attached hydrogens (tertiary/aromatic N) is 1. The average molecular weight is 253 g/mol. The van der Waals surface area contributed by atoms with Crippen LogP contribution in [0.3, 0.4) is 0 Å². The number of rotatable bonds is 5. The number of nitrogens with two attached hydrogens (primary N) is 1. The van der Waals surface area contributed by atoms with Gasteiger partial charge in [0.25, 0.3) is 5.91 Å². The first-order chi connectivity index (χ1) is 8.36. The first-order valence-corrected chi connectivity index (χ1v) is 5.99. The van der Waals surface area contributed by atoms with E-state index in [1.54, 1.807) is 0 Å². The summed E-state index contributed by atoms with van der Waals surface area (Å²) in [5, 5.41) is 2.85. The lowest BCUT2D eigenvalue weighted by atomic mass is 9.90. The predicted molar refractivity (Wildman–Crippen MR) is 68.6 cm³/mol. The number of halogens is 1. The van der Waals surface area contributed by atoms with Gasteiger partial charge in [0, 0.05) is 18.3 Å². The maximum absolute atomic E-state index is 13.0. The van der Waals surface area contributed by atoms with Gasteiger partial charge in [-0.1, -0.05) is 13.8 Å². The van der Waals surface area contributed by atoms with Crippen molar-refractivity contribution in [1.82, 2.24) is 10.3 Å². The lowest BCUT2D eigenvalue weighted by molar-refractivity contribution is 0.0897. The summed E-state index contributed by atoms with van der Waals surface area (Å²) < 4.78 is 13.0. The van der Waals surface area contributed by atoms with E-state index < -0.39 is 11.4 Å².